The van der Waals surface area contributed by atoms with Crippen molar-refractivity contribution in [3.8, 4) is 0 Å². The highest BCUT2D eigenvalue weighted by Crippen LogP contribution is 2.23. The van der Waals surface area contributed by atoms with Crippen molar-refractivity contribution in [3.05, 3.63) is 0 Å². The van der Waals surface area contributed by atoms with Gasteiger partial charge in [-0.2, -0.15) is 0 Å². The predicted molar refractivity (Wildman–Crippen MR) is 66.5 cm³/mol. The van der Waals surface area contributed by atoms with Crippen LogP contribution in [0, 0.1) is 11.8 Å². The lowest BCUT2D eigenvalue weighted by Gasteiger charge is -2.33. The van der Waals surface area contributed by atoms with Crippen LogP contribution in [0.1, 0.15) is 42.0 Å². The molecular weight excluding hydrogens is 172 g/mol. The zero-order chi connectivity index (χ0) is 11.0. The van der Waals surface area contributed by atoms with Gasteiger partial charge in [0.1, 0.15) is 0 Å². The van der Waals surface area contributed by atoms with Gasteiger partial charge in [0.15, 0.2) is 0 Å². The van der Waals surface area contributed by atoms with E-state index < -0.39 is 0 Å². The van der Waals surface area contributed by atoms with Crippen LogP contribution in [0.4, 0.5) is 0 Å². The molecule has 1 fully saturated rings. The highest BCUT2D eigenvalue weighted by molar-refractivity contribution is 4.74. The number of hydrogen-bond donors (Lipinski definition) is 1. The molecule has 0 unspecified atom stereocenters. The predicted octanol–water partition coefficient (Wildman–Crippen LogP) is 2.59. The molecule has 0 aliphatic carbocycles. The Labute approximate surface area is 91.3 Å². The van der Waals surface area contributed by atoms with E-state index in [1.165, 1.54) is 25.9 Å². The maximum absolute atomic E-state index is 5.51. The van der Waals surface area contributed by atoms with Crippen molar-refractivity contribution in [2.24, 2.45) is 17.6 Å². The summed E-state index contributed by atoms with van der Waals surface area (Å²) in [4.78, 5) is 2.48. The number of likely N-dealkylation sites (tertiary alicyclic amines) is 1. The Hall–Kier alpha value is -0.0800. The van der Waals surface area contributed by atoms with Gasteiger partial charge in [-0.3, -0.25) is 0 Å². The number of piperidine rings is 1. The van der Waals surface area contributed by atoms with Gasteiger partial charge in [-0.05, 0) is 37.8 Å². The fourth-order valence-corrected chi connectivity index (χ4v) is 2.03. The summed E-state index contributed by atoms with van der Waals surface area (Å²) in [5.41, 5.74) is 5.51. The van der Waals surface area contributed by atoms with E-state index in [0.717, 1.165) is 24.9 Å². The Morgan fingerprint density at radius 3 is 2.14 bits per heavy atom. The number of hydrogen-bond acceptors (Lipinski definition) is 2. The minimum atomic E-state index is 0. The van der Waals surface area contributed by atoms with Crippen molar-refractivity contribution >= 4 is 0 Å². The fourth-order valence-electron chi connectivity index (χ4n) is 2.03. The molecule has 2 N–H and O–H groups in total. The minimum absolute atomic E-state index is 0. The zero-order valence-corrected chi connectivity index (χ0v) is 10.4. The molecule has 1 rings (SSSR count). The van der Waals surface area contributed by atoms with Gasteiger partial charge in [-0.15, -0.1) is 0 Å². The summed E-state index contributed by atoms with van der Waals surface area (Å²) in [6, 6.07) is 0. The number of rotatable bonds is 3. The molecule has 0 aromatic heterocycles. The average molecular weight is 202 g/mol. The van der Waals surface area contributed by atoms with E-state index in [9.17, 15) is 0 Å². The van der Waals surface area contributed by atoms with Crippen LogP contribution in [0.15, 0.2) is 0 Å². The quantitative estimate of drug-likeness (QED) is 0.762. The third-order valence-corrected chi connectivity index (χ3v) is 3.02. The monoisotopic (exact) mass is 202 g/mol. The Balaban J connectivity index is 0. The van der Waals surface area contributed by atoms with Gasteiger partial charge in [-0.1, -0.05) is 27.7 Å². The molecular formula is C12H30N2. The third-order valence-electron chi connectivity index (χ3n) is 3.02. The molecule has 0 radical (unpaired) electrons. The summed E-state index contributed by atoms with van der Waals surface area (Å²) in [7, 11) is 0. The summed E-state index contributed by atoms with van der Waals surface area (Å²) in [5.74, 6) is 1.82. The normalized spacial score (nSPS) is 19.3. The summed E-state index contributed by atoms with van der Waals surface area (Å²) < 4.78 is 0. The smallest absolute Gasteiger partial charge is 0.0105 e. The molecule has 88 valence electrons. The lowest BCUT2D eigenvalue weighted by Crippen LogP contribution is -2.38. The van der Waals surface area contributed by atoms with Gasteiger partial charge in [0, 0.05) is 14.5 Å². The molecule has 14 heavy (non-hydrogen) atoms. The Morgan fingerprint density at radius 1 is 1.29 bits per heavy atom. The van der Waals surface area contributed by atoms with Crippen molar-refractivity contribution in [3.63, 3.8) is 0 Å². The van der Waals surface area contributed by atoms with Crippen molar-refractivity contribution in [2.75, 3.05) is 26.2 Å². The first-order chi connectivity index (χ1) is 6.74. The molecule has 2 nitrogen and oxygen atoms in total. The summed E-state index contributed by atoms with van der Waals surface area (Å²) in [5, 5.41) is 0. The van der Waals surface area contributed by atoms with Gasteiger partial charge < -0.3 is 10.6 Å². The Kier molecular flexibility index (Phi) is 8.20. The second kappa shape index (κ2) is 8.25. The molecule has 0 bridgehead atoms. The minimum Gasteiger partial charge on any atom is -0.329 e. The standard InChI is InChI=1S/C10H22N2.C2H6.H2/c1-9(2)10-3-6-12(7-4-10)8-5-11;1-2;/h9-10H,3-8,11H2,1-2H3;1-2H3;1H. The molecule has 0 aromatic carbocycles. The fraction of sp³-hybridized carbons (Fsp3) is 1.00. The van der Waals surface area contributed by atoms with Crippen molar-refractivity contribution in [2.45, 2.75) is 40.5 Å². The maximum Gasteiger partial charge on any atom is 0.0105 e. The van der Waals surface area contributed by atoms with E-state index >= 15 is 0 Å². The van der Waals surface area contributed by atoms with Crippen molar-refractivity contribution in [1.82, 2.24) is 4.90 Å². The largest absolute Gasteiger partial charge is 0.329 e. The van der Waals surface area contributed by atoms with Crippen LogP contribution < -0.4 is 5.73 Å². The van der Waals surface area contributed by atoms with Crippen molar-refractivity contribution in [1.29, 1.82) is 0 Å². The molecule has 0 spiro atoms. The third kappa shape index (κ3) is 4.97. The molecule has 0 amide bonds. The number of nitrogens with zero attached hydrogens (tertiary/aromatic N) is 1. The van der Waals surface area contributed by atoms with Crippen LogP contribution >= 0.6 is 0 Å². The molecule has 1 heterocycles. The van der Waals surface area contributed by atoms with Crippen molar-refractivity contribution < 1.29 is 1.43 Å². The average Bonchev–Trinajstić information content (AvgIpc) is 2.22. The first-order valence-electron chi connectivity index (χ1n) is 6.16. The zero-order valence-electron chi connectivity index (χ0n) is 10.4. The summed E-state index contributed by atoms with van der Waals surface area (Å²) in [6.45, 7) is 13.1. The highest BCUT2D eigenvalue weighted by Gasteiger charge is 2.20. The van der Waals surface area contributed by atoms with Gasteiger partial charge in [-0.25, -0.2) is 0 Å². The molecule has 0 atom stereocenters. The molecule has 1 aliphatic heterocycles. The lowest BCUT2D eigenvalue weighted by molar-refractivity contribution is 0.161. The topological polar surface area (TPSA) is 29.3 Å². The Bertz CT molecular complexity index is 121. The second-order valence-electron chi connectivity index (χ2n) is 4.21. The molecule has 1 aliphatic rings. The van der Waals surface area contributed by atoms with Crippen LogP contribution in [0.5, 0.6) is 0 Å². The Morgan fingerprint density at radius 2 is 1.79 bits per heavy atom. The van der Waals surface area contributed by atoms with Gasteiger partial charge >= 0.3 is 0 Å². The SMILES string of the molecule is CC.CC(C)C1CCN(CCN)CC1.[HH]. The van der Waals surface area contributed by atoms with Gasteiger partial charge in [0.05, 0.1) is 0 Å². The van der Waals surface area contributed by atoms with E-state index in [4.69, 9.17) is 5.73 Å². The van der Waals surface area contributed by atoms with E-state index in [-0.39, 0.29) is 1.43 Å². The van der Waals surface area contributed by atoms with E-state index in [2.05, 4.69) is 18.7 Å². The molecule has 0 aromatic rings. The first-order valence-corrected chi connectivity index (χ1v) is 6.16. The molecule has 0 saturated carbocycles. The van der Waals surface area contributed by atoms with Crippen LogP contribution in [-0.2, 0) is 0 Å². The van der Waals surface area contributed by atoms with Gasteiger partial charge in [0.2, 0.25) is 0 Å². The van der Waals surface area contributed by atoms with Crippen LogP contribution in [0.2, 0.25) is 0 Å². The maximum atomic E-state index is 5.51. The number of nitrogens with two attached hydrogens (primary N) is 1. The summed E-state index contributed by atoms with van der Waals surface area (Å²) >= 11 is 0. The highest BCUT2D eigenvalue weighted by atomic mass is 15.1. The lowest BCUT2D eigenvalue weighted by atomic mass is 9.87. The van der Waals surface area contributed by atoms with Gasteiger partial charge in [0.25, 0.3) is 0 Å². The van der Waals surface area contributed by atoms with Crippen LogP contribution in [0.25, 0.3) is 0 Å². The van der Waals surface area contributed by atoms with E-state index in [0.29, 0.717) is 0 Å². The van der Waals surface area contributed by atoms with E-state index in [1.807, 2.05) is 13.8 Å². The molecule has 1 saturated heterocycles. The van der Waals surface area contributed by atoms with Crippen LogP contribution in [0.3, 0.4) is 0 Å². The van der Waals surface area contributed by atoms with Crippen LogP contribution in [-0.4, -0.2) is 31.1 Å². The second-order valence-corrected chi connectivity index (χ2v) is 4.21. The summed E-state index contributed by atoms with van der Waals surface area (Å²) in [6.07, 6.45) is 2.75. The van der Waals surface area contributed by atoms with E-state index in [1.54, 1.807) is 0 Å². The first kappa shape index (κ1) is 13.9. The molecule has 2 heteroatoms.